The average Bonchev–Trinajstić information content (AvgIpc) is 2.88. The third-order valence-corrected chi connectivity index (χ3v) is 4.19. The van der Waals surface area contributed by atoms with Crippen molar-refractivity contribution in [1.82, 2.24) is 4.98 Å². The molecule has 1 heterocycles. The van der Waals surface area contributed by atoms with E-state index in [0.29, 0.717) is 6.04 Å². The van der Waals surface area contributed by atoms with Crippen molar-refractivity contribution in [3.63, 3.8) is 0 Å². The van der Waals surface area contributed by atoms with Gasteiger partial charge in [0.2, 0.25) is 0 Å². The fraction of sp³-hybridized carbons (Fsp3) is 0.462. The number of aromatic nitrogens is 1. The molecule has 0 spiro atoms. The van der Waals surface area contributed by atoms with Crippen molar-refractivity contribution in [3.05, 3.63) is 24.0 Å². The molecule has 0 aliphatic heterocycles. The summed E-state index contributed by atoms with van der Waals surface area (Å²) >= 11 is 1.54. The molecule has 17 heavy (non-hydrogen) atoms. The van der Waals surface area contributed by atoms with Crippen LogP contribution in [0.25, 0.3) is 10.2 Å². The Hall–Kier alpha value is -1.16. The van der Waals surface area contributed by atoms with Gasteiger partial charge in [-0.05, 0) is 37.0 Å². The fourth-order valence-corrected chi connectivity index (χ4v) is 3.19. The molecule has 2 unspecified atom stereocenters. The first-order valence-corrected chi connectivity index (χ1v) is 6.90. The predicted molar refractivity (Wildman–Crippen MR) is 70.0 cm³/mol. The average molecular weight is 250 g/mol. The van der Waals surface area contributed by atoms with Crippen LogP contribution in [0.3, 0.4) is 0 Å². The van der Waals surface area contributed by atoms with Crippen molar-refractivity contribution in [3.8, 4) is 0 Å². The fourth-order valence-electron chi connectivity index (χ4n) is 2.23. The summed E-state index contributed by atoms with van der Waals surface area (Å²) in [6.07, 6.45) is 3.78. The van der Waals surface area contributed by atoms with Gasteiger partial charge in [-0.15, -0.1) is 0 Å². The topological polar surface area (TPSA) is 24.9 Å². The number of rotatable bonds is 4. The lowest BCUT2D eigenvalue weighted by Gasteiger charge is -1.99. The van der Waals surface area contributed by atoms with Crippen LogP contribution in [0.15, 0.2) is 18.2 Å². The lowest BCUT2D eigenvalue weighted by molar-refractivity contribution is 0.630. The van der Waals surface area contributed by atoms with Crippen LogP contribution in [-0.2, 0) is 0 Å². The Morgan fingerprint density at radius 3 is 3.24 bits per heavy atom. The van der Waals surface area contributed by atoms with Gasteiger partial charge in [0.15, 0.2) is 5.13 Å². The SMILES string of the molecule is CCCC1CC1Nc1nc2ccc(F)cc2s1. The van der Waals surface area contributed by atoms with E-state index >= 15 is 0 Å². The van der Waals surface area contributed by atoms with E-state index in [9.17, 15) is 4.39 Å². The molecule has 3 rings (SSSR count). The van der Waals surface area contributed by atoms with E-state index in [1.54, 1.807) is 12.1 Å². The van der Waals surface area contributed by atoms with Crippen molar-refractivity contribution in [2.75, 3.05) is 5.32 Å². The van der Waals surface area contributed by atoms with Crippen LogP contribution in [0.1, 0.15) is 26.2 Å². The number of hydrogen-bond donors (Lipinski definition) is 1. The molecule has 1 aliphatic rings. The standard InChI is InChI=1S/C13H15FN2S/c1-2-3-8-6-11(8)16-13-15-10-5-4-9(14)7-12(10)17-13/h4-5,7-8,11H,2-3,6H2,1H3,(H,15,16). The van der Waals surface area contributed by atoms with Gasteiger partial charge in [0.1, 0.15) is 5.82 Å². The molecule has 0 saturated heterocycles. The monoisotopic (exact) mass is 250 g/mol. The van der Waals surface area contributed by atoms with Crippen LogP contribution >= 0.6 is 11.3 Å². The van der Waals surface area contributed by atoms with Gasteiger partial charge in [-0.25, -0.2) is 9.37 Å². The second-order valence-corrected chi connectivity index (χ2v) is 5.70. The molecule has 1 fully saturated rings. The van der Waals surface area contributed by atoms with Gasteiger partial charge in [-0.3, -0.25) is 0 Å². The van der Waals surface area contributed by atoms with E-state index in [4.69, 9.17) is 0 Å². The van der Waals surface area contributed by atoms with E-state index in [2.05, 4.69) is 17.2 Å². The van der Waals surface area contributed by atoms with Gasteiger partial charge in [-0.2, -0.15) is 0 Å². The van der Waals surface area contributed by atoms with Crippen molar-refractivity contribution < 1.29 is 4.39 Å². The molecule has 2 nitrogen and oxygen atoms in total. The minimum Gasteiger partial charge on any atom is -0.358 e. The molecule has 1 N–H and O–H groups in total. The maximum Gasteiger partial charge on any atom is 0.184 e. The molecular formula is C13H15FN2S. The van der Waals surface area contributed by atoms with Crippen LogP contribution < -0.4 is 5.32 Å². The Bertz CT molecular complexity index is 537. The number of fused-ring (bicyclic) bond motifs is 1. The van der Waals surface area contributed by atoms with Gasteiger partial charge in [-0.1, -0.05) is 24.7 Å². The first-order chi connectivity index (χ1) is 8.26. The molecule has 0 bridgehead atoms. The molecule has 2 atom stereocenters. The number of halogens is 1. The van der Waals surface area contributed by atoms with Crippen molar-refractivity contribution in [1.29, 1.82) is 0 Å². The molecule has 90 valence electrons. The zero-order chi connectivity index (χ0) is 11.8. The smallest absolute Gasteiger partial charge is 0.184 e. The quantitative estimate of drug-likeness (QED) is 0.886. The number of anilines is 1. The van der Waals surface area contributed by atoms with E-state index in [1.807, 2.05) is 0 Å². The predicted octanol–water partition coefficient (Wildman–Crippen LogP) is 4.04. The summed E-state index contributed by atoms with van der Waals surface area (Å²) in [6, 6.07) is 5.33. The Morgan fingerprint density at radius 1 is 1.53 bits per heavy atom. The molecule has 1 aromatic heterocycles. The Balaban J connectivity index is 1.74. The summed E-state index contributed by atoms with van der Waals surface area (Å²) in [5.74, 6) is 0.617. The Labute approximate surface area is 104 Å². The highest BCUT2D eigenvalue weighted by Gasteiger charge is 2.36. The highest BCUT2D eigenvalue weighted by atomic mass is 32.1. The normalized spacial score (nSPS) is 22.9. The van der Waals surface area contributed by atoms with Crippen molar-refractivity contribution >= 4 is 26.7 Å². The highest BCUT2D eigenvalue weighted by Crippen LogP contribution is 2.38. The van der Waals surface area contributed by atoms with Crippen LogP contribution in [0.2, 0.25) is 0 Å². The van der Waals surface area contributed by atoms with Crippen molar-refractivity contribution in [2.45, 2.75) is 32.2 Å². The lowest BCUT2D eigenvalue weighted by Crippen LogP contribution is -2.03. The summed E-state index contributed by atoms with van der Waals surface area (Å²) in [6.45, 7) is 2.22. The zero-order valence-corrected chi connectivity index (χ0v) is 10.6. The molecular weight excluding hydrogens is 235 g/mol. The number of nitrogens with one attached hydrogen (secondary N) is 1. The summed E-state index contributed by atoms with van der Waals surface area (Å²) in [5.41, 5.74) is 0.881. The maximum atomic E-state index is 13.0. The van der Waals surface area contributed by atoms with Gasteiger partial charge in [0.05, 0.1) is 10.2 Å². The molecule has 2 aromatic rings. The number of benzene rings is 1. The number of hydrogen-bond acceptors (Lipinski definition) is 3. The van der Waals surface area contributed by atoms with E-state index in [0.717, 1.165) is 21.3 Å². The third kappa shape index (κ3) is 2.27. The van der Waals surface area contributed by atoms with Gasteiger partial charge < -0.3 is 5.32 Å². The third-order valence-electron chi connectivity index (χ3n) is 3.24. The van der Waals surface area contributed by atoms with E-state index < -0.39 is 0 Å². The molecule has 1 saturated carbocycles. The van der Waals surface area contributed by atoms with Crippen LogP contribution in [-0.4, -0.2) is 11.0 Å². The minimum atomic E-state index is -0.192. The highest BCUT2D eigenvalue weighted by molar-refractivity contribution is 7.22. The number of thiazole rings is 1. The molecule has 4 heteroatoms. The lowest BCUT2D eigenvalue weighted by atomic mass is 10.2. The summed E-state index contributed by atoms with van der Waals surface area (Å²) in [4.78, 5) is 4.47. The summed E-state index contributed by atoms with van der Waals surface area (Å²) in [7, 11) is 0. The van der Waals surface area contributed by atoms with E-state index in [1.165, 1.54) is 36.7 Å². The van der Waals surface area contributed by atoms with Crippen molar-refractivity contribution in [2.24, 2.45) is 5.92 Å². The molecule has 1 aliphatic carbocycles. The second-order valence-electron chi connectivity index (χ2n) is 4.67. The number of nitrogens with zero attached hydrogens (tertiary/aromatic N) is 1. The Morgan fingerprint density at radius 2 is 2.41 bits per heavy atom. The second kappa shape index (κ2) is 4.26. The van der Waals surface area contributed by atoms with E-state index in [-0.39, 0.29) is 5.82 Å². The molecule has 1 aromatic carbocycles. The summed E-state index contributed by atoms with van der Waals surface area (Å²) in [5, 5.41) is 4.37. The summed E-state index contributed by atoms with van der Waals surface area (Å²) < 4.78 is 14.0. The maximum absolute atomic E-state index is 13.0. The van der Waals surface area contributed by atoms with Crippen LogP contribution in [0, 0.1) is 11.7 Å². The molecule has 0 radical (unpaired) electrons. The van der Waals surface area contributed by atoms with Crippen LogP contribution in [0.4, 0.5) is 9.52 Å². The van der Waals surface area contributed by atoms with Gasteiger partial charge >= 0.3 is 0 Å². The first kappa shape index (κ1) is 11.0. The van der Waals surface area contributed by atoms with Crippen LogP contribution in [0.5, 0.6) is 0 Å². The van der Waals surface area contributed by atoms with Gasteiger partial charge in [0.25, 0.3) is 0 Å². The van der Waals surface area contributed by atoms with Gasteiger partial charge in [0, 0.05) is 6.04 Å². The first-order valence-electron chi connectivity index (χ1n) is 6.09. The largest absolute Gasteiger partial charge is 0.358 e. The molecule has 0 amide bonds. The zero-order valence-electron chi connectivity index (χ0n) is 9.74. The minimum absolute atomic E-state index is 0.192. The Kier molecular flexibility index (Phi) is 2.74.